The van der Waals surface area contributed by atoms with E-state index in [9.17, 15) is 8.42 Å². The summed E-state index contributed by atoms with van der Waals surface area (Å²) >= 11 is 0. The van der Waals surface area contributed by atoms with Gasteiger partial charge in [0.15, 0.2) is 0 Å². The SMILES string of the molecule is CCOC1CC2(CCN(S(=O)(=O)c3ccc(C)nc3NCC3(CC(C)C)CCCC3)C2)C1. The molecule has 0 atom stereocenters. The van der Waals surface area contributed by atoms with Crippen molar-refractivity contribution < 1.29 is 13.2 Å². The van der Waals surface area contributed by atoms with E-state index >= 15 is 0 Å². The second kappa shape index (κ2) is 9.22. The number of nitrogens with one attached hydrogen (secondary N) is 1. The van der Waals surface area contributed by atoms with E-state index in [2.05, 4.69) is 24.1 Å². The molecule has 0 unspecified atom stereocenters. The Bertz CT molecular complexity index is 903. The predicted octanol–water partition coefficient (Wildman–Crippen LogP) is 4.99. The van der Waals surface area contributed by atoms with Gasteiger partial charge < -0.3 is 10.1 Å². The van der Waals surface area contributed by atoms with Gasteiger partial charge in [-0.15, -0.1) is 0 Å². The molecular formula is C25H41N3O3S. The monoisotopic (exact) mass is 463 g/mol. The van der Waals surface area contributed by atoms with Crippen molar-refractivity contribution in [2.75, 3.05) is 31.6 Å². The van der Waals surface area contributed by atoms with Gasteiger partial charge in [0.2, 0.25) is 10.0 Å². The van der Waals surface area contributed by atoms with Crippen LogP contribution in [-0.2, 0) is 14.8 Å². The van der Waals surface area contributed by atoms with Crippen LogP contribution in [0.3, 0.4) is 0 Å². The van der Waals surface area contributed by atoms with Gasteiger partial charge >= 0.3 is 0 Å². The number of hydrogen-bond acceptors (Lipinski definition) is 5. The maximum atomic E-state index is 13.7. The lowest BCUT2D eigenvalue weighted by molar-refractivity contribution is -0.0696. The van der Waals surface area contributed by atoms with Gasteiger partial charge in [0, 0.05) is 31.9 Å². The Morgan fingerprint density at radius 2 is 1.94 bits per heavy atom. The Morgan fingerprint density at radius 1 is 1.22 bits per heavy atom. The van der Waals surface area contributed by atoms with Crippen molar-refractivity contribution >= 4 is 15.8 Å². The summed E-state index contributed by atoms with van der Waals surface area (Å²) in [5.41, 5.74) is 1.19. The third-order valence-electron chi connectivity index (χ3n) is 7.88. The first-order valence-corrected chi connectivity index (χ1v) is 13.9. The van der Waals surface area contributed by atoms with Crippen molar-refractivity contribution in [3.8, 4) is 0 Å². The molecule has 1 aromatic rings. The number of anilines is 1. The van der Waals surface area contributed by atoms with Crippen molar-refractivity contribution in [2.45, 2.75) is 90.1 Å². The number of pyridine rings is 1. The van der Waals surface area contributed by atoms with Gasteiger partial charge in [-0.25, -0.2) is 13.4 Å². The number of rotatable bonds is 9. The highest BCUT2D eigenvalue weighted by molar-refractivity contribution is 7.89. The summed E-state index contributed by atoms with van der Waals surface area (Å²) < 4.78 is 34.8. The van der Waals surface area contributed by atoms with Crippen LogP contribution < -0.4 is 5.32 Å². The molecule has 2 aliphatic carbocycles. The van der Waals surface area contributed by atoms with E-state index in [0.717, 1.165) is 38.1 Å². The van der Waals surface area contributed by atoms with E-state index in [0.29, 0.717) is 35.8 Å². The van der Waals surface area contributed by atoms with Gasteiger partial charge in [0.25, 0.3) is 0 Å². The van der Waals surface area contributed by atoms with Crippen molar-refractivity contribution in [3.05, 3.63) is 17.8 Å². The first-order valence-electron chi connectivity index (χ1n) is 12.5. The summed E-state index contributed by atoms with van der Waals surface area (Å²) in [6, 6.07) is 3.57. The molecule has 1 spiro atoms. The lowest BCUT2D eigenvalue weighted by atomic mass is 9.66. The third-order valence-corrected chi connectivity index (χ3v) is 9.76. The fourth-order valence-electron chi connectivity index (χ4n) is 6.43. The summed E-state index contributed by atoms with van der Waals surface area (Å²) in [4.78, 5) is 4.98. The van der Waals surface area contributed by atoms with Crippen LogP contribution in [0.1, 0.15) is 77.8 Å². The van der Waals surface area contributed by atoms with Crippen LogP contribution in [0.15, 0.2) is 17.0 Å². The largest absolute Gasteiger partial charge is 0.378 e. The minimum atomic E-state index is -3.58. The molecule has 7 heteroatoms. The lowest BCUT2D eigenvalue weighted by Crippen LogP contribution is -2.45. The predicted molar refractivity (Wildman–Crippen MR) is 128 cm³/mol. The van der Waals surface area contributed by atoms with Gasteiger partial charge in [-0.1, -0.05) is 26.7 Å². The number of aromatic nitrogens is 1. The molecule has 180 valence electrons. The van der Waals surface area contributed by atoms with Gasteiger partial charge in [-0.2, -0.15) is 4.31 Å². The fourth-order valence-corrected chi connectivity index (χ4v) is 8.08. The van der Waals surface area contributed by atoms with Crippen molar-refractivity contribution in [2.24, 2.45) is 16.7 Å². The summed E-state index contributed by atoms with van der Waals surface area (Å²) in [6.45, 7) is 11.2. The van der Waals surface area contributed by atoms with Crippen molar-refractivity contribution in [1.82, 2.24) is 9.29 Å². The average Bonchev–Trinajstić information content (AvgIpc) is 3.34. The van der Waals surface area contributed by atoms with Gasteiger partial charge in [0.1, 0.15) is 10.7 Å². The number of aryl methyl sites for hydroxylation is 1. The minimum absolute atomic E-state index is 0.101. The Hall–Kier alpha value is -1.18. The normalized spacial score (nSPS) is 27.8. The van der Waals surface area contributed by atoms with Crippen LogP contribution in [0.25, 0.3) is 0 Å². The van der Waals surface area contributed by atoms with Crippen molar-refractivity contribution in [3.63, 3.8) is 0 Å². The molecule has 0 bridgehead atoms. The van der Waals surface area contributed by atoms with Gasteiger partial charge in [-0.3, -0.25) is 0 Å². The van der Waals surface area contributed by atoms with Crippen LogP contribution in [0, 0.1) is 23.7 Å². The van der Waals surface area contributed by atoms with E-state index < -0.39 is 10.0 Å². The lowest BCUT2D eigenvalue weighted by Gasteiger charge is -2.44. The zero-order chi connectivity index (χ0) is 23.0. The Labute approximate surface area is 194 Å². The molecule has 1 aliphatic heterocycles. The Morgan fingerprint density at radius 3 is 2.59 bits per heavy atom. The molecule has 1 N–H and O–H groups in total. The maximum Gasteiger partial charge on any atom is 0.246 e. The van der Waals surface area contributed by atoms with E-state index in [1.54, 1.807) is 10.4 Å². The van der Waals surface area contributed by atoms with E-state index in [4.69, 9.17) is 4.74 Å². The van der Waals surface area contributed by atoms with Crippen LogP contribution in [-0.4, -0.2) is 50.1 Å². The first kappa shape index (κ1) is 24.0. The number of nitrogens with zero attached hydrogens (tertiary/aromatic N) is 2. The molecule has 0 radical (unpaired) electrons. The molecule has 2 saturated carbocycles. The second-order valence-corrected chi connectivity index (χ2v) is 12.9. The first-order chi connectivity index (χ1) is 15.2. The molecule has 3 fully saturated rings. The van der Waals surface area contributed by atoms with E-state index in [-0.39, 0.29) is 10.8 Å². The number of hydrogen-bond donors (Lipinski definition) is 1. The molecule has 1 aromatic heterocycles. The fraction of sp³-hybridized carbons (Fsp3) is 0.800. The standard InChI is InChI=1S/C25H41N3O3S/c1-5-31-21-15-25(16-21)12-13-28(18-25)32(29,30)22-9-8-20(4)27-23(22)26-17-24(14-19(2)3)10-6-7-11-24/h8-9,19,21H,5-7,10-18H2,1-4H3,(H,26,27). The zero-order valence-electron chi connectivity index (χ0n) is 20.3. The topological polar surface area (TPSA) is 71.5 Å². The molecule has 3 aliphatic rings. The second-order valence-electron chi connectivity index (χ2n) is 11.0. The highest BCUT2D eigenvalue weighted by atomic mass is 32.2. The maximum absolute atomic E-state index is 13.7. The third kappa shape index (κ3) is 4.85. The Kier molecular flexibility index (Phi) is 6.91. The molecule has 4 rings (SSSR count). The van der Waals surface area contributed by atoms with Crippen LogP contribution >= 0.6 is 0 Å². The Balaban J connectivity index is 1.50. The molecule has 2 heterocycles. The zero-order valence-corrected chi connectivity index (χ0v) is 21.1. The molecule has 32 heavy (non-hydrogen) atoms. The van der Waals surface area contributed by atoms with E-state index in [1.807, 2.05) is 19.9 Å². The summed E-state index contributed by atoms with van der Waals surface area (Å²) in [7, 11) is -3.58. The molecule has 1 saturated heterocycles. The highest BCUT2D eigenvalue weighted by Gasteiger charge is 2.51. The number of sulfonamides is 1. The summed E-state index contributed by atoms with van der Waals surface area (Å²) in [5, 5.41) is 3.51. The van der Waals surface area contributed by atoms with Gasteiger partial charge in [0.05, 0.1) is 6.10 Å². The average molecular weight is 464 g/mol. The minimum Gasteiger partial charge on any atom is -0.378 e. The summed E-state index contributed by atoms with van der Waals surface area (Å²) in [5.74, 6) is 1.16. The van der Waals surface area contributed by atoms with Crippen molar-refractivity contribution in [1.29, 1.82) is 0 Å². The van der Waals surface area contributed by atoms with E-state index in [1.165, 1.54) is 32.1 Å². The summed E-state index contributed by atoms with van der Waals surface area (Å²) in [6.07, 6.45) is 9.29. The molecule has 6 nitrogen and oxygen atoms in total. The number of ether oxygens (including phenoxy) is 1. The van der Waals surface area contributed by atoms with Crippen LogP contribution in [0.4, 0.5) is 5.82 Å². The van der Waals surface area contributed by atoms with Crippen LogP contribution in [0.2, 0.25) is 0 Å². The van der Waals surface area contributed by atoms with Crippen LogP contribution in [0.5, 0.6) is 0 Å². The molecule has 0 aromatic carbocycles. The quantitative estimate of drug-likeness (QED) is 0.559. The molecular weight excluding hydrogens is 422 g/mol. The smallest absolute Gasteiger partial charge is 0.246 e. The highest BCUT2D eigenvalue weighted by Crippen LogP contribution is 2.50. The van der Waals surface area contributed by atoms with Gasteiger partial charge in [-0.05, 0) is 81.3 Å². The molecule has 0 amide bonds.